The van der Waals surface area contributed by atoms with Gasteiger partial charge < -0.3 is 10.6 Å². The number of hydrogen-bond donors (Lipinski definition) is 1. The molecule has 0 atom stereocenters. The van der Waals surface area contributed by atoms with E-state index >= 15 is 0 Å². The molecule has 1 fully saturated rings. The van der Waals surface area contributed by atoms with Gasteiger partial charge in [0.25, 0.3) is 0 Å². The lowest BCUT2D eigenvalue weighted by Crippen LogP contribution is -2.38. The maximum Gasteiger partial charge on any atom is 0.237 e. The third-order valence-corrected chi connectivity index (χ3v) is 4.71. The first-order valence-corrected chi connectivity index (χ1v) is 7.23. The molecule has 0 radical (unpaired) electrons. The van der Waals surface area contributed by atoms with Gasteiger partial charge in [0, 0.05) is 6.54 Å². The summed E-state index contributed by atoms with van der Waals surface area (Å²) in [5.74, 6) is 0.845. The van der Waals surface area contributed by atoms with Gasteiger partial charge in [0.15, 0.2) is 0 Å². The summed E-state index contributed by atoms with van der Waals surface area (Å²) in [4.78, 5) is 14.6. The van der Waals surface area contributed by atoms with Gasteiger partial charge in [-0.15, -0.1) is 0 Å². The monoisotopic (exact) mass is 258 g/mol. The largest absolute Gasteiger partial charge is 0.397 e. The Balaban J connectivity index is 1.99. The van der Waals surface area contributed by atoms with E-state index in [1.54, 1.807) is 0 Å². The van der Waals surface area contributed by atoms with Crippen LogP contribution in [0.15, 0.2) is 18.2 Å². The molecule has 19 heavy (non-hydrogen) atoms. The van der Waals surface area contributed by atoms with Crippen molar-refractivity contribution < 1.29 is 4.79 Å². The molecule has 0 saturated heterocycles. The molecule has 0 bridgehead atoms. The van der Waals surface area contributed by atoms with E-state index in [1.807, 2.05) is 36.9 Å². The van der Waals surface area contributed by atoms with E-state index in [2.05, 4.69) is 0 Å². The van der Waals surface area contributed by atoms with Crippen LogP contribution < -0.4 is 10.6 Å². The summed E-state index contributed by atoms with van der Waals surface area (Å²) >= 11 is 0. The van der Waals surface area contributed by atoms with Crippen LogP contribution in [0.3, 0.4) is 0 Å². The number of nitrogens with zero attached hydrogens (tertiary/aromatic N) is 1. The van der Waals surface area contributed by atoms with Gasteiger partial charge in [-0.05, 0) is 44.2 Å². The second-order valence-electron chi connectivity index (χ2n) is 6.43. The SMILES string of the molecule is CC1(C)C(=O)N(CC2CCCC2)c2c(N)cccc21. The molecule has 2 aliphatic rings. The van der Waals surface area contributed by atoms with E-state index in [-0.39, 0.29) is 5.91 Å². The molecule has 0 aromatic heterocycles. The fraction of sp³-hybridized carbons (Fsp3) is 0.562. The molecule has 3 heteroatoms. The number of hydrogen-bond acceptors (Lipinski definition) is 2. The van der Waals surface area contributed by atoms with Gasteiger partial charge in [-0.3, -0.25) is 4.79 Å². The third-order valence-electron chi connectivity index (χ3n) is 4.71. The Kier molecular flexibility index (Phi) is 2.80. The van der Waals surface area contributed by atoms with E-state index in [1.165, 1.54) is 25.7 Å². The minimum absolute atomic E-state index is 0.201. The van der Waals surface area contributed by atoms with Crippen molar-refractivity contribution in [1.29, 1.82) is 0 Å². The molecular weight excluding hydrogens is 236 g/mol. The standard InChI is InChI=1S/C16H22N2O/c1-16(2)12-8-5-9-13(17)14(12)18(15(16)19)10-11-6-3-4-7-11/h5,8-9,11H,3-4,6-7,10,17H2,1-2H3. The first-order chi connectivity index (χ1) is 9.01. The lowest BCUT2D eigenvalue weighted by atomic mass is 9.86. The van der Waals surface area contributed by atoms with Crippen LogP contribution in [0.2, 0.25) is 0 Å². The number of nitrogen functional groups attached to an aromatic ring is 1. The number of rotatable bonds is 2. The zero-order chi connectivity index (χ0) is 13.6. The molecule has 1 aromatic rings. The van der Waals surface area contributed by atoms with E-state index < -0.39 is 5.41 Å². The summed E-state index contributed by atoms with van der Waals surface area (Å²) in [6.45, 7) is 4.84. The van der Waals surface area contributed by atoms with Crippen LogP contribution in [-0.4, -0.2) is 12.5 Å². The summed E-state index contributed by atoms with van der Waals surface area (Å²) in [5.41, 5.74) is 8.46. The van der Waals surface area contributed by atoms with Gasteiger partial charge in [0.2, 0.25) is 5.91 Å². The second kappa shape index (κ2) is 4.26. The molecule has 1 aliphatic carbocycles. The van der Waals surface area contributed by atoms with Crippen LogP contribution in [0.25, 0.3) is 0 Å². The van der Waals surface area contributed by atoms with Gasteiger partial charge >= 0.3 is 0 Å². The van der Waals surface area contributed by atoms with E-state index in [0.717, 1.165) is 23.5 Å². The average Bonchev–Trinajstić information content (AvgIpc) is 2.93. The predicted molar refractivity (Wildman–Crippen MR) is 78.2 cm³/mol. The van der Waals surface area contributed by atoms with Crippen molar-refractivity contribution in [2.45, 2.75) is 44.9 Å². The number of fused-ring (bicyclic) bond motifs is 1. The Bertz CT molecular complexity index is 515. The van der Waals surface area contributed by atoms with Crippen LogP contribution >= 0.6 is 0 Å². The van der Waals surface area contributed by atoms with Crippen LogP contribution in [0, 0.1) is 5.92 Å². The molecule has 1 aromatic carbocycles. The molecule has 102 valence electrons. The summed E-state index contributed by atoms with van der Waals surface area (Å²) in [6, 6.07) is 5.88. The fourth-order valence-corrected chi connectivity index (χ4v) is 3.55. The maximum absolute atomic E-state index is 12.7. The first kappa shape index (κ1) is 12.5. The van der Waals surface area contributed by atoms with Gasteiger partial charge in [0.05, 0.1) is 16.8 Å². The molecule has 3 rings (SSSR count). The maximum atomic E-state index is 12.7. The number of carbonyl (C=O) groups is 1. The molecule has 3 nitrogen and oxygen atoms in total. The number of nitrogens with two attached hydrogens (primary N) is 1. The highest BCUT2D eigenvalue weighted by atomic mass is 16.2. The summed E-state index contributed by atoms with van der Waals surface area (Å²) in [7, 11) is 0. The summed E-state index contributed by atoms with van der Waals surface area (Å²) in [5, 5.41) is 0. The van der Waals surface area contributed by atoms with Crippen LogP contribution in [-0.2, 0) is 10.2 Å². The second-order valence-corrected chi connectivity index (χ2v) is 6.43. The van der Waals surface area contributed by atoms with Crippen molar-refractivity contribution in [3.63, 3.8) is 0 Å². The Morgan fingerprint density at radius 3 is 2.68 bits per heavy atom. The molecule has 1 amide bonds. The molecule has 0 unspecified atom stereocenters. The first-order valence-electron chi connectivity index (χ1n) is 7.23. The number of benzene rings is 1. The molecular formula is C16H22N2O. The highest BCUT2D eigenvalue weighted by Gasteiger charge is 2.45. The number of amides is 1. The molecule has 1 heterocycles. The van der Waals surface area contributed by atoms with Crippen LogP contribution in [0.1, 0.15) is 45.1 Å². The van der Waals surface area contributed by atoms with Crippen molar-refractivity contribution in [3.8, 4) is 0 Å². The smallest absolute Gasteiger partial charge is 0.237 e. The number of carbonyl (C=O) groups excluding carboxylic acids is 1. The van der Waals surface area contributed by atoms with Gasteiger partial charge in [-0.1, -0.05) is 25.0 Å². The Hall–Kier alpha value is -1.51. The minimum atomic E-state index is -0.441. The van der Waals surface area contributed by atoms with Gasteiger partial charge in [-0.25, -0.2) is 0 Å². The third kappa shape index (κ3) is 1.83. The van der Waals surface area contributed by atoms with E-state index in [0.29, 0.717) is 5.92 Å². The number of para-hydroxylation sites is 1. The van der Waals surface area contributed by atoms with Gasteiger partial charge in [-0.2, -0.15) is 0 Å². The lowest BCUT2D eigenvalue weighted by Gasteiger charge is -2.24. The van der Waals surface area contributed by atoms with Crippen molar-refractivity contribution in [2.75, 3.05) is 17.2 Å². The summed E-state index contributed by atoms with van der Waals surface area (Å²) < 4.78 is 0. The normalized spacial score (nSPS) is 22.0. The Morgan fingerprint density at radius 2 is 2.00 bits per heavy atom. The molecule has 1 aliphatic heterocycles. The zero-order valence-corrected chi connectivity index (χ0v) is 11.8. The Morgan fingerprint density at radius 1 is 1.32 bits per heavy atom. The van der Waals surface area contributed by atoms with Crippen LogP contribution in [0.5, 0.6) is 0 Å². The quantitative estimate of drug-likeness (QED) is 0.829. The topological polar surface area (TPSA) is 46.3 Å². The van der Waals surface area contributed by atoms with Gasteiger partial charge in [0.1, 0.15) is 0 Å². The average molecular weight is 258 g/mol. The van der Waals surface area contributed by atoms with E-state index in [9.17, 15) is 4.79 Å². The highest BCUT2D eigenvalue weighted by molar-refractivity contribution is 6.10. The molecule has 2 N–H and O–H groups in total. The lowest BCUT2D eigenvalue weighted by molar-refractivity contribution is -0.122. The van der Waals surface area contributed by atoms with E-state index in [4.69, 9.17) is 5.73 Å². The van der Waals surface area contributed by atoms with Crippen molar-refractivity contribution in [3.05, 3.63) is 23.8 Å². The summed E-state index contributed by atoms with van der Waals surface area (Å²) in [6.07, 6.45) is 5.08. The molecule has 1 saturated carbocycles. The Labute approximate surface area is 114 Å². The van der Waals surface area contributed by atoms with Crippen molar-refractivity contribution in [1.82, 2.24) is 0 Å². The molecule has 0 spiro atoms. The number of anilines is 2. The zero-order valence-electron chi connectivity index (χ0n) is 11.8. The minimum Gasteiger partial charge on any atom is -0.397 e. The van der Waals surface area contributed by atoms with Crippen LogP contribution in [0.4, 0.5) is 11.4 Å². The van der Waals surface area contributed by atoms with Crippen molar-refractivity contribution in [2.24, 2.45) is 5.92 Å². The highest BCUT2D eigenvalue weighted by Crippen LogP contribution is 2.45. The van der Waals surface area contributed by atoms with Crippen molar-refractivity contribution >= 4 is 17.3 Å². The fourth-order valence-electron chi connectivity index (χ4n) is 3.55. The predicted octanol–water partition coefficient (Wildman–Crippen LogP) is 3.08.